The maximum Gasteiger partial charge on any atom is 0.137 e. The molecule has 4 heteroatoms. The predicted octanol–water partition coefficient (Wildman–Crippen LogP) is 2.32. The molecule has 0 saturated carbocycles. The van der Waals surface area contributed by atoms with Gasteiger partial charge < -0.3 is 15.2 Å². The molecule has 0 fully saturated rings. The van der Waals surface area contributed by atoms with Crippen molar-refractivity contribution in [2.24, 2.45) is 5.73 Å². The molecule has 0 heterocycles. The molecule has 84 valence electrons. The Kier molecular flexibility index (Phi) is 5.68. The maximum atomic E-state index is 5.65. The van der Waals surface area contributed by atoms with Crippen molar-refractivity contribution < 1.29 is 9.47 Å². The molecule has 15 heavy (non-hydrogen) atoms. The van der Waals surface area contributed by atoms with E-state index >= 15 is 0 Å². The number of hydrogen-bond acceptors (Lipinski definition) is 3. The van der Waals surface area contributed by atoms with Gasteiger partial charge in [-0.2, -0.15) is 0 Å². The maximum absolute atomic E-state index is 5.65. The number of nitrogens with two attached hydrogens (primary N) is 1. The molecular weight excluding hydrogens is 258 g/mol. The summed E-state index contributed by atoms with van der Waals surface area (Å²) in [5, 5.41) is 0. The van der Waals surface area contributed by atoms with Crippen LogP contribution >= 0.6 is 15.9 Å². The number of benzene rings is 1. The minimum Gasteiger partial charge on any atom is -0.492 e. The van der Waals surface area contributed by atoms with E-state index in [0.717, 1.165) is 22.2 Å². The van der Waals surface area contributed by atoms with Gasteiger partial charge in [0, 0.05) is 32.2 Å². The first-order valence-electron chi connectivity index (χ1n) is 4.88. The molecule has 3 nitrogen and oxygen atoms in total. The van der Waals surface area contributed by atoms with Crippen LogP contribution in [-0.4, -0.2) is 20.3 Å². The van der Waals surface area contributed by atoms with Gasteiger partial charge in [0.05, 0.1) is 11.1 Å². The van der Waals surface area contributed by atoms with Crippen LogP contribution < -0.4 is 10.5 Å². The van der Waals surface area contributed by atoms with Crippen molar-refractivity contribution in [3.63, 3.8) is 0 Å². The highest BCUT2D eigenvalue weighted by atomic mass is 79.9. The summed E-state index contributed by atoms with van der Waals surface area (Å²) >= 11 is 3.45. The van der Waals surface area contributed by atoms with Crippen LogP contribution in [0.2, 0.25) is 0 Å². The van der Waals surface area contributed by atoms with Gasteiger partial charge in [0.15, 0.2) is 0 Å². The summed E-state index contributed by atoms with van der Waals surface area (Å²) in [4.78, 5) is 0. The minimum atomic E-state index is 0.485. The lowest BCUT2D eigenvalue weighted by Gasteiger charge is -2.11. The normalized spacial score (nSPS) is 10.3. The quantitative estimate of drug-likeness (QED) is 0.810. The van der Waals surface area contributed by atoms with Gasteiger partial charge in [0.2, 0.25) is 0 Å². The Morgan fingerprint density at radius 1 is 1.33 bits per heavy atom. The van der Waals surface area contributed by atoms with E-state index in [2.05, 4.69) is 15.9 Å². The summed E-state index contributed by atoms with van der Waals surface area (Å²) in [5.41, 5.74) is 6.64. The average molecular weight is 274 g/mol. The first-order valence-corrected chi connectivity index (χ1v) is 5.68. The van der Waals surface area contributed by atoms with Gasteiger partial charge in [0.25, 0.3) is 0 Å². The van der Waals surface area contributed by atoms with Crippen molar-refractivity contribution in [1.82, 2.24) is 0 Å². The Balaban J connectivity index is 2.58. The van der Waals surface area contributed by atoms with E-state index in [1.54, 1.807) is 7.11 Å². The fourth-order valence-corrected chi connectivity index (χ4v) is 1.78. The molecule has 0 unspecified atom stereocenters. The van der Waals surface area contributed by atoms with E-state index in [-0.39, 0.29) is 0 Å². The second-order valence-electron chi connectivity index (χ2n) is 3.13. The van der Waals surface area contributed by atoms with Crippen molar-refractivity contribution in [3.8, 4) is 5.75 Å². The van der Waals surface area contributed by atoms with Crippen molar-refractivity contribution in [1.29, 1.82) is 0 Å². The van der Waals surface area contributed by atoms with Crippen molar-refractivity contribution >= 4 is 15.9 Å². The largest absolute Gasteiger partial charge is 0.492 e. The fraction of sp³-hybridized carbons (Fsp3) is 0.455. The van der Waals surface area contributed by atoms with Crippen LogP contribution in [-0.2, 0) is 11.3 Å². The molecular formula is C11H16BrNO2. The lowest BCUT2D eigenvalue weighted by molar-refractivity contribution is 0.171. The number of hydrogen-bond donors (Lipinski definition) is 1. The van der Waals surface area contributed by atoms with Gasteiger partial charge in [-0.15, -0.1) is 0 Å². The average Bonchev–Trinajstić information content (AvgIpc) is 2.26. The van der Waals surface area contributed by atoms with Crippen LogP contribution in [0.5, 0.6) is 5.75 Å². The molecule has 0 aromatic heterocycles. The SMILES string of the molecule is COCCCOc1c(Br)cccc1CN. The molecule has 0 saturated heterocycles. The summed E-state index contributed by atoms with van der Waals surface area (Å²) in [5.74, 6) is 0.844. The van der Waals surface area contributed by atoms with Crippen molar-refractivity contribution in [2.75, 3.05) is 20.3 Å². The number of ether oxygens (including phenoxy) is 2. The second-order valence-corrected chi connectivity index (χ2v) is 3.98. The molecule has 0 atom stereocenters. The predicted molar refractivity (Wildman–Crippen MR) is 64.0 cm³/mol. The van der Waals surface area contributed by atoms with Crippen LogP contribution in [0.4, 0.5) is 0 Å². The summed E-state index contributed by atoms with van der Waals surface area (Å²) in [6, 6.07) is 5.87. The molecule has 0 spiro atoms. The zero-order valence-corrected chi connectivity index (χ0v) is 10.4. The highest BCUT2D eigenvalue weighted by molar-refractivity contribution is 9.10. The molecule has 0 aliphatic carbocycles. The van der Waals surface area contributed by atoms with Gasteiger partial charge >= 0.3 is 0 Å². The van der Waals surface area contributed by atoms with E-state index in [4.69, 9.17) is 15.2 Å². The first-order chi connectivity index (χ1) is 7.29. The summed E-state index contributed by atoms with van der Waals surface area (Å²) in [6.07, 6.45) is 0.877. The van der Waals surface area contributed by atoms with Gasteiger partial charge in [-0.25, -0.2) is 0 Å². The van der Waals surface area contributed by atoms with Crippen LogP contribution in [0, 0.1) is 0 Å². The molecule has 0 radical (unpaired) electrons. The Hall–Kier alpha value is -0.580. The lowest BCUT2D eigenvalue weighted by Crippen LogP contribution is -2.06. The zero-order valence-electron chi connectivity index (χ0n) is 8.83. The Morgan fingerprint density at radius 3 is 2.80 bits per heavy atom. The highest BCUT2D eigenvalue weighted by Gasteiger charge is 2.05. The minimum absolute atomic E-state index is 0.485. The number of para-hydroxylation sites is 1. The van der Waals surface area contributed by atoms with E-state index in [9.17, 15) is 0 Å². The topological polar surface area (TPSA) is 44.5 Å². The third kappa shape index (κ3) is 3.81. The van der Waals surface area contributed by atoms with Crippen LogP contribution in [0.1, 0.15) is 12.0 Å². The van der Waals surface area contributed by atoms with Crippen molar-refractivity contribution in [3.05, 3.63) is 28.2 Å². The third-order valence-electron chi connectivity index (χ3n) is 2.01. The second kappa shape index (κ2) is 6.82. The lowest BCUT2D eigenvalue weighted by atomic mass is 10.2. The number of rotatable bonds is 6. The standard InChI is InChI=1S/C11H16BrNO2/c1-14-6-3-7-15-11-9(8-13)4-2-5-10(11)12/h2,4-5H,3,6-8,13H2,1H3. The zero-order chi connectivity index (χ0) is 11.1. The van der Waals surface area contributed by atoms with Crippen LogP contribution in [0.3, 0.4) is 0 Å². The Morgan fingerprint density at radius 2 is 2.13 bits per heavy atom. The van der Waals surface area contributed by atoms with E-state index in [0.29, 0.717) is 19.8 Å². The summed E-state index contributed by atoms with van der Waals surface area (Å²) < 4.78 is 11.6. The highest BCUT2D eigenvalue weighted by Crippen LogP contribution is 2.28. The summed E-state index contributed by atoms with van der Waals surface area (Å²) in [7, 11) is 1.68. The first kappa shape index (κ1) is 12.5. The molecule has 1 rings (SSSR count). The molecule has 1 aromatic carbocycles. The van der Waals surface area contributed by atoms with Gasteiger partial charge in [-0.1, -0.05) is 12.1 Å². The molecule has 0 aliphatic heterocycles. The molecule has 0 amide bonds. The Labute approximate surface area is 98.7 Å². The molecule has 2 N–H and O–H groups in total. The Bertz CT molecular complexity index is 305. The fourth-order valence-electron chi connectivity index (χ4n) is 1.25. The number of methoxy groups -OCH3 is 1. The number of halogens is 1. The van der Waals surface area contributed by atoms with Crippen LogP contribution in [0.15, 0.2) is 22.7 Å². The summed E-state index contributed by atoms with van der Waals surface area (Å²) in [6.45, 7) is 1.84. The van der Waals surface area contributed by atoms with E-state index in [1.165, 1.54) is 0 Å². The third-order valence-corrected chi connectivity index (χ3v) is 2.63. The molecule has 1 aromatic rings. The van der Waals surface area contributed by atoms with E-state index in [1.807, 2.05) is 18.2 Å². The monoisotopic (exact) mass is 273 g/mol. The smallest absolute Gasteiger partial charge is 0.137 e. The van der Waals surface area contributed by atoms with Crippen LogP contribution in [0.25, 0.3) is 0 Å². The van der Waals surface area contributed by atoms with E-state index < -0.39 is 0 Å². The van der Waals surface area contributed by atoms with Gasteiger partial charge in [0.1, 0.15) is 5.75 Å². The van der Waals surface area contributed by atoms with Crippen molar-refractivity contribution in [2.45, 2.75) is 13.0 Å². The van der Waals surface area contributed by atoms with Gasteiger partial charge in [-0.3, -0.25) is 0 Å². The van der Waals surface area contributed by atoms with Gasteiger partial charge in [-0.05, 0) is 22.0 Å². The molecule has 0 aliphatic rings. The molecule has 0 bridgehead atoms.